The Morgan fingerprint density at radius 1 is 1.04 bits per heavy atom. The molecule has 4 rings (SSSR count). The molecule has 2 aromatic heterocycles. The Kier molecular flexibility index (Phi) is 4.21. The number of fused-ring (bicyclic) bond motifs is 3. The van der Waals surface area contributed by atoms with Gasteiger partial charge < -0.3 is 4.74 Å². The summed E-state index contributed by atoms with van der Waals surface area (Å²) in [6.45, 7) is 3.44. The highest BCUT2D eigenvalue weighted by Gasteiger charge is 2.29. The van der Waals surface area contributed by atoms with Crippen molar-refractivity contribution in [3.05, 3.63) is 63.9 Å². The molecule has 0 atom stereocenters. The summed E-state index contributed by atoms with van der Waals surface area (Å²) in [4.78, 5) is 12.6. The van der Waals surface area contributed by atoms with Crippen LogP contribution in [0.3, 0.4) is 0 Å². The van der Waals surface area contributed by atoms with E-state index in [1.807, 2.05) is 31.2 Å². The van der Waals surface area contributed by atoms with Crippen LogP contribution in [-0.4, -0.2) is 5.97 Å². The minimum Gasteiger partial charge on any atom is -0.408 e. The number of carbonyl (C=O) groups is 1. The van der Waals surface area contributed by atoms with Crippen LogP contribution in [0, 0.1) is 10.5 Å². The van der Waals surface area contributed by atoms with E-state index in [-0.39, 0.29) is 5.97 Å². The number of pyridine rings is 1. The highest BCUT2D eigenvalue weighted by Crippen LogP contribution is 2.37. The van der Waals surface area contributed by atoms with Crippen molar-refractivity contribution >= 4 is 55.5 Å². The Bertz CT molecular complexity index is 1120. The Labute approximate surface area is 163 Å². The van der Waals surface area contributed by atoms with Gasteiger partial charge in [0.15, 0.2) is 0 Å². The quantitative estimate of drug-likeness (QED) is 0.236. The van der Waals surface area contributed by atoms with Gasteiger partial charge in [0.1, 0.15) is 0 Å². The lowest BCUT2D eigenvalue weighted by Gasteiger charge is -2.06. The van der Waals surface area contributed by atoms with E-state index in [1.54, 1.807) is 0 Å². The minimum absolute atomic E-state index is 0.296. The molecule has 2 aromatic carbocycles. The van der Waals surface area contributed by atoms with Crippen molar-refractivity contribution < 1.29 is 13.9 Å². The lowest BCUT2D eigenvalue weighted by molar-refractivity contribution is -0.502. The SMILES string of the molecule is CC(=O)Oc1sc2c3ccccc3c(I)c(-c3ccccc3)[n+]2c1C. The van der Waals surface area contributed by atoms with Gasteiger partial charge in [0.05, 0.1) is 8.96 Å². The first-order chi connectivity index (χ1) is 12.1. The molecule has 0 fully saturated rings. The summed E-state index contributed by atoms with van der Waals surface area (Å²) in [5, 5.41) is 3.02. The molecule has 0 unspecified atom stereocenters. The van der Waals surface area contributed by atoms with Gasteiger partial charge in [-0.2, -0.15) is 0 Å². The van der Waals surface area contributed by atoms with Crippen LogP contribution in [0.2, 0.25) is 0 Å². The molecule has 25 heavy (non-hydrogen) atoms. The van der Waals surface area contributed by atoms with Gasteiger partial charge in [0.2, 0.25) is 11.4 Å². The molecule has 4 aromatic rings. The predicted molar refractivity (Wildman–Crippen MR) is 109 cm³/mol. The third-order valence-corrected chi connectivity index (χ3v) is 6.38. The molecule has 0 bridgehead atoms. The molecular weight excluding hydrogens is 445 g/mol. The molecule has 124 valence electrons. The van der Waals surface area contributed by atoms with Crippen molar-refractivity contribution in [2.24, 2.45) is 0 Å². The highest BCUT2D eigenvalue weighted by atomic mass is 127. The van der Waals surface area contributed by atoms with E-state index in [9.17, 15) is 4.79 Å². The molecule has 2 heterocycles. The van der Waals surface area contributed by atoms with Crippen LogP contribution in [-0.2, 0) is 4.79 Å². The Hall–Kier alpha value is -1.99. The van der Waals surface area contributed by atoms with E-state index in [2.05, 4.69) is 57.3 Å². The van der Waals surface area contributed by atoms with Crippen molar-refractivity contribution in [3.63, 3.8) is 0 Å². The fourth-order valence-corrected chi connectivity index (χ4v) is 5.26. The van der Waals surface area contributed by atoms with Crippen LogP contribution in [0.15, 0.2) is 54.6 Å². The second-order valence-electron chi connectivity index (χ2n) is 5.78. The lowest BCUT2D eigenvalue weighted by Crippen LogP contribution is -2.27. The molecule has 0 aliphatic heterocycles. The highest BCUT2D eigenvalue weighted by molar-refractivity contribution is 14.1. The van der Waals surface area contributed by atoms with Gasteiger partial charge in [-0.3, -0.25) is 4.79 Å². The molecule has 0 amide bonds. The van der Waals surface area contributed by atoms with Crippen molar-refractivity contribution in [2.45, 2.75) is 13.8 Å². The second-order valence-corrected chi connectivity index (χ2v) is 7.82. The summed E-state index contributed by atoms with van der Waals surface area (Å²) in [5.74, 6) is -0.296. The summed E-state index contributed by atoms with van der Waals surface area (Å²) in [6, 6.07) is 18.7. The topological polar surface area (TPSA) is 30.4 Å². The molecule has 0 spiro atoms. The number of esters is 1. The zero-order chi connectivity index (χ0) is 17.6. The average molecular weight is 460 g/mol. The standard InChI is InChI=1S/C20H15INO2S/c1-12-20(24-13(2)23)25-19-16-11-7-6-10-15(16)17(21)18(22(12)19)14-8-4-3-5-9-14/h3-11H,1-2H3/q+1. The molecule has 0 radical (unpaired) electrons. The zero-order valence-electron chi connectivity index (χ0n) is 13.7. The molecular formula is C20H15INO2S+. The van der Waals surface area contributed by atoms with Crippen LogP contribution in [0.1, 0.15) is 12.6 Å². The number of ether oxygens (including phenoxy) is 1. The largest absolute Gasteiger partial charge is 0.408 e. The molecule has 0 aliphatic carbocycles. The van der Waals surface area contributed by atoms with Crippen molar-refractivity contribution in [2.75, 3.05) is 0 Å². The van der Waals surface area contributed by atoms with Crippen LogP contribution in [0.5, 0.6) is 5.06 Å². The third-order valence-electron chi connectivity index (χ3n) is 4.13. The number of halogens is 1. The average Bonchev–Trinajstić information content (AvgIpc) is 2.93. The third kappa shape index (κ3) is 2.71. The molecule has 0 saturated carbocycles. The summed E-state index contributed by atoms with van der Waals surface area (Å²) in [6.07, 6.45) is 0. The van der Waals surface area contributed by atoms with Gasteiger partial charge in [0.25, 0.3) is 9.89 Å². The maximum Gasteiger partial charge on any atom is 0.309 e. The van der Waals surface area contributed by atoms with E-state index in [4.69, 9.17) is 4.74 Å². The van der Waals surface area contributed by atoms with Gasteiger partial charge >= 0.3 is 5.97 Å². The van der Waals surface area contributed by atoms with Crippen molar-refractivity contribution in [1.82, 2.24) is 0 Å². The maximum atomic E-state index is 11.5. The molecule has 3 nitrogen and oxygen atoms in total. The number of hydrogen-bond acceptors (Lipinski definition) is 3. The van der Waals surface area contributed by atoms with E-state index in [0.29, 0.717) is 5.06 Å². The lowest BCUT2D eigenvalue weighted by atomic mass is 10.1. The summed E-state index contributed by atoms with van der Waals surface area (Å²) < 4.78 is 8.86. The van der Waals surface area contributed by atoms with E-state index >= 15 is 0 Å². The molecule has 0 aliphatic rings. The number of aromatic nitrogens is 1. The van der Waals surface area contributed by atoms with E-state index < -0.39 is 0 Å². The van der Waals surface area contributed by atoms with Crippen LogP contribution < -0.4 is 9.14 Å². The van der Waals surface area contributed by atoms with Crippen LogP contribution >= 0.6 is 33.9 Å². The number of nitrogens with zero attached hydrogens (tertiary/aromatic N) is 1. The Morgan fingerprint density at radius 3 is 2.36 bits per heavy atom. The normalized spacial score (nSPS) is 11.2. The smallest absolute Gasteiger partial charge is 0.309 e. The number of carbonyl (C=O) groups excluding carboxylic acids is 1. The van der Waals surface area contributed by atoms with Crippen molar-refractivity contribution in [1.29, 1.82) is 0 Å². The number of thiazole rings is 1. The monoisotopic (exact) mass is 460 g/mol. The van der Waals surface area contributed by atoms with Gasteiger partial charge in [-0.1, -0.05) is 36.4 Å². The Balaban J connectivity index is 2.20. The minimum atomic E-state index is -0.296. The van der Waals surface area contributed by atoms with Crippen molar-refractivity contribution in [3.8, 4) is 16.3 Å². The van der Waals surface area contributed by atoms with Gasteiger partial charge in [-0.05, 0) is 52.1 Å². The van der Waals surface area contributed by atoms with E-state index in [1.165, 1.54) is 27.2 Å². The zero-order valence-corrected chi connectivity index (χ0v) is 16.7. The first-order valence-electron chi connectivity index (χ1n) is 7.87. The number of benzene rings is 2. The van der Waals surface area contributed by atoms with Gasteiger partial charge in [-0.15, -0.1) is 4.40 Å². The van der Waals surface area contributed by atoms with Gasteiger partial charge in [-0.25, -0.2) is 0 Å². The predicted octanol–water partition coefficient (Wildman–Crippen LogP) is 5.15. The number of hydrogen-bond donors (Lipinski definition) is 0. The fourth-order valence-electron chi connectivity index (χ4n) is 3.06. The molecule has 5 heteroatoms. The Morgan fingerprint density at radius 2 is 1.68 bits per heavy atom. The second kappa shape index (κ2) is 6.38. The summed E-state index contributed by atoms with van der Waals surface area (Å²) in [5.41, 5.74) is 3.21. The summed E-state index contributed by atoms with van der Waals surface area (Å²) in [7, 11) is 0. The first-order valence-corrected chi connectivity index (χ1v) is 9.76. The summed E-state index contributed by atoms with van der Waals surface area (Å²) >= 11 is 3.93. The maximum absolute atomic E-state index is 11.5. The van der Waals surface area contributed by atoms with Crippen LogP contribution in [0.25, 0.3) is 26.9 Å². The molecule has 0 N–H and O–H groups in total. The number of rotatable bonds is 2. The number of aryl methyl sites for hydroxylation is 1. The van der Waals surface area contributed by atoms with E-state index in [0.717, 1.165) is 27.2 Å². The fraction of sp³-hybridized carbons (Fsp3) is 0.100. The first kappa shape index (κ1) is 16.5. The molecule has 0 saturated heterocycles. The van der Waals surface area contributed by atoms with Crippen LogP contribution in [0.4, 0.5) is 0 Å². The van der Waals surface area contributed by atoms with Gasteiger partial charge in [0, 0.05) is 24.8 Å².